The number of aliphatic imine (C=N–C) groups is 2. The van der Waals surface area contributed by atoms with E-state index in [1.165, 1.54) is 6.20 Å². The molecule has 2 heteroatoms. The first-order valence-electron chi connectivity index (χ1n) is 4.38. The topological polar surface area (TPSA) is 24.7 Å². The molecular formula is C10H18N2. The summed E-state index contributed by atoms with van der Waals surface area (Å²) in [7, 11) is 0. The van der Waals surface area contributed by atoms with Gasteiger partial charge in [0.25, 0.3) is 0 Å². The van der Waals surface area contributed by atoms with Gasteiger partial charge in [-0.3, -0.25) is 9.98 Å². The molecule has 0 bridgehead atoms. The molecule has 0 heterocycles. The maximum absolute atomic E-state index is 4.40. The van der Waals surface area contributed by atoms with Crippen LogP contribution in [0.1, 0.15) is 27.2 Å². The third-order valence-corrected chi connectivity index (χ3v) is 1.35. The first-order valence-corrected chi connectivity index (χ1v) is 4.38. The highest BCUT2D eigenvalue weighted by Gasteiger charge is 1.92. The Morgan fingerprint density at radius 2 is 2.17 bits per heavy atom. The van der Waals surface area contributed by atoms with Gasteiger partial charge in [-0.05, 0) is 12.3 Å². The third-order valence-electron chi connectivity index (χ3n) is 1.35. The highest BCUT2D eigenvalue weighted by atomic mass is 14.8. The lowest BCUT2D eigenvalue weighted by molar-refractivity contribution is 0.665. The largest absolute Gasteiger partial charge is 0.288 e. The van der Waals surface area contributed by atoms with E-state index in [9.17, 15) is 0 Å². The molecule has 0 aliphatic heterocycles. The van der Waals surface area contributed by atoms with Crippen LogP contribution in [0.4, 0.5) is 0 Å². The summed E-state index contributed by atoms with van der Waals surface area (Å²) in [6, 6.07) is 0. The van der Waals surface area contributed by atoms with Crippen LogP contribution in [0.25, 0.3) is 0 Å². The third kappa shape index (κ3) is 5.83. The lowest BCUT2D eigenvalue weighted by Gasteiger charge is -1.99. The molecular weight excluding hydrogens is 148 g/mol. The van der Waals surface area contributed by atoms with E-state index in [2.05, 4.69) is 37.3 Å². The van der Waals surface area contributed by atoms with Crippen molar-refractivity contribution >= 4 is 11.9 Å². The SMILES string of the molecule is C=CN=CC(CC)=NCC(C)C. The maximum atomic E-state index is 4.40. The van der Waals surface area contributed by atoms with Crippen LogP contribution in [0.15, 0.2) is 22.8 Å². The van der Waals surface area contributed by atoms with Gasteiger partial charge in [0.2, 0.25) is 0 Å². The summed E-state index contributed by atoms with van der Waals surface area (Å²) in [5.41, 5.74) is 1.05. The molecule has 0 saturated heterocycles. The van der Waals surface area contributed by atoms with Gasteiger partial charge in [0.15, 0.2) is 0 Å². The van der Waals surface area contributed by atoms with Crippen molar-refractivity contribution < 1.29 is 0 Å². The van der Waals surface area contributed by atoms with Crippen molar-refractivity contribution in [2.45, 2.75) is 27.2 Å². The number of nitrogens with zero attached hydrogens (tertiary/aromatic N) is 2. The minimum absolute atomic E-state index is 0.615. The summed E-state index contributed by atoms with van der Waals surface area (Å²) >= 11 is 0. The highest BCUT2D eigenvalue weighted by Crippen LogP contribution is 1.93. The smallest absolute Gasteiger partial charge is 0.0528 e. The van der Waals surface area contributed by atoms with Crippen LogP contribution in [0.5, 0.6) is 0 Å². The molecule has 0 radical (unpaired) electrons. The second-order valence-corrected chi connectivity index (χ2v) is 3.04. The predicted octanol–water partition coefficient (Wildman–Crippen LogP) is 2.71. The van der Waals surface area contributed by atoms with Crippen molar-refractivity contribution in [2.24, 2.45) is 15.9 Å². The monoisotopic (exact) mass is 166 g/mol. The second kappa shape index (κ2) is 6.77. The predicted molar refractivity (Wildman–Crippen MR) is 56.1 cm³/mol. The Kier molecular flexibility index (Phi) is 6.25. The van der Waals surface area contributed by atoms with Gasteiger partial charge in [-0.25, -0.2) is 0 Å². The van der Waals surface area contributed by atoms with Crippen LogP contribution >= 0.6 is 0 Å². The number of hydrogen-bond acceptors (Lipinski definition) is 2. The fourth-order valence-corrected chi connectivity index (χ4v) is 0.682. The Labute approximate surface area is 75.1 Å². The van der Waals surface area contributed by atoms with Crippen molar-refractivity contribution in [3.63, 3.8) is 0 Å². The lowest BCUT2D eigenvalue weighted by Crippen LogP contribution is -2.02. The summed E-state index contributed by atoms with van der Waals surface area (Å²) in [5.74, 6) is 0.615. The van der Waals surface area contributed by atoms with E-state index in [-0.39, 0.29) is 0 Å². The van der Waals surface area contributed by atoms with Gasteiger partial charge in [0, 0.05) is 19.0 Å². The second-order valence-electron chi connectivity index (χ2n) is 3.04. The Bertz CT molecular complexity index is 178. The molecule has 0 atom stereocenters. The lowest BCUT2D eigenvalue weighted by atomic mass is 10.2. The summed E-state index contributed by atoms with van der Waals surface area (Å²) < 4.78 is 0. The minimum atomic E-state index is 0.615. The van der Waals surface area contributed by atoms with Gasteiger partial charge >= 0.3 is 0 Å². The van der Waals surface area contributed by atoms with Crippen molar-refractivity contribution in [2.75, 3.05) is 6.54 Å². The molecule has 12 heavy (non-hydrogen) atoms. The summed E-state index contributed by atoms with van der Waals surface area (Å²) in [6.07, 6.45) is 4.24. The van der Waals surface area contributed by atoms with E-state index in [4.69, 9.17) is 0 Å². The van der Waals surface area contributed by atoms with E-state index in [1.807, 2.05) is 0 Å². The van der Waals surface area contributed by atoms with Crippen molar-refractivity contribution in [1.82, 2.24) is 0 Å². The zero-order valence-corrected chi connectivity index (χ0v) is 8.25. The molecule has 0 amide bonds. The molecule has 0 aromatic heterocycles. The Hall–Kier alpha value is -0.920. The molecule has 0 aromatic carbocycles. The van der Waals surface area contributed by atoms with E-state index >= 15 is 0 Å². The average molecular weight is 166 g/mol. The van der Waals surface area contributed by atoms with E-state index < -0.39 is 0 Å². The van der Waals surface area contributed by atoms with Crippen LogP contribution in [0, 0.1) is 5.92 Å². The van der Waals surface area contributed by atoms with E-state index in [0.717, 1.165) is 18.7 Å². The van der Waals surface area contributed by atoms with Gasteiger partial charge < -0.3 is 0 Å². The van der Waals surface area contributed by atoms with E-state index in [0.29, 0.717) is 5.92 Å². The fraction of sp³-hybridized carbons (Fsp3) is 0.600. The average Bonchev–Trinajstić information content (AvgIpc) is 2.05. The van der Waals surface area contributed by atoms with Gasteiger partial charge in [0.1, 0.15) is 0 Å². The maximum Gasteiger partial charge on any atom is 0.0528 e. The quantitative estimate of drug-likeness (QED) is 0.561. The van der Waals surface area contributed by atoms with Crippen LogP contribution in [-0.2, 0) is 0 Å². The van der Waals surface area contributed by atoms with Crippen molar-refractivity contribution in [3.8, 4) is 0 Å². The normalized spacial score (nSPS) is 12.8. The summed E-state index contributed by atoms with van der Waals surface area (Å²) in [5, 5.41) is 0. The fourth-order valence-electron chi connectivity index (χ4n) is 0.682. The Balaban J connectivity index is 4.03. The van der Waals surface area contributed by atoms with Gasteiger partial charge in [-0.15, -0.1) is 0 Å². The van der Waals surface area contributed by atoms with Crippen molar-refractivity contribution in [3.05, 3.63) is 12.8 Å². The molecule has 0 spiro atoms. The minimum Gasteiger partial charge on any atom is -0.288 e. The molecule has 68 valence electrons. The summed E-state index contributed by atoms with van der Waals surface area (Å²) in [6.45, 7) is 10.8. The number of hydrogen-bond donors (Lipinski definition) is 0. The van der Waals surface area contributed by atoms with Crippen LogP contribution in [0.3, 0.4) is 0 Å². The van der Waals surface area contributed by atoms with Crippen molar-refractivity contribution in [1.29, 1.82) is 0 Å². The molecule has 0 saturated carbocycles. The molecule has 0 aromatic rings. The van der Waals surface area contributed by atoms with Gasteiger partial charge in [0.05, 0.1) is 5.71 Å². The standard InChI is InChI=1S/C10H18N2/c1-5-10(8-11-6-2)12-7-9(3)4/h6,8-9H,2,5,7H2,1,3-4H3. The molecule has 0 aliphatic rings. The van der Waals surface area contributed by atoms with Gasteiger partial charge in [-0.1, -0.05) is 27.4 Å². The van der Waals surface area contributed by atoms with E-state index in [1.54, 1.807) is 6.21 Å². The molecule has 0 rings (SSSR count). The first-order chi connectivity index (χ1) is 5.70. The van der Waals surface area contributed by atoms with Crippen LogP contribution < -0.4 is 0 Å². The van der Waals surface area contributed by atoms with Crippen LogP contribution in [0.2, 0.25) is 0 Å². The Morgan fingerprint density at radius 3 is 2.58 bits per heavy atom. The highest BCUT2D eigenvalue weighted by molar-refractivity contribution is 6.30. The number of rotatable bonds is 5. The van der Waals surface area contributed by atoms with Gasteiger partial charge in [-0.2, -0.15) is 0 Å². The molecule has 0 aliphatic carbocycles. The zero-order chi connectivity index (χ0) is 9.40. The molecule has 0 unspecified atom stereocenters. The molecule has 0 fully saturated rings. The molecule has 0 N–H and O–H groups in total. The van der Waals surface area contributed by atoms with Crippen LogP contribution in [-0.4, -0.2) is 18.5 Å². The Morgan fingerprint density at radius 1 is 1.50 bits per heavy atom. The zero-order valence-electron chi connectivity index (χ0n) is 8.25. The summed E-state index contributed by atoms with van der Waals surface area (Å²) in [4.78, 5) is 8.33. The first kappa shape index (κ1) is 11.1. The molecule has 2 nitrogen and oxygen atoms in total.